The Balaban J connectivity index is 1.94. The van der Waals surface area contributed by atoms with Crippen LogP contribution in [0.15, 0.2) is 42.5 Å². The topological polar surface area (TPSA) is 83.1 Å². The first-order valence-electron chi connectivity index (χ1n) is 9.81. The van der Waals surface area contributed by atoms with Crippen LogP contribution < -0.4 is 19.5 Å². The molecular formula is C23H29NO6. The maximum atomic E-state index is 12.3. The lowest BCUT2D eigenvalue weighted by Gasteiger charge is -2.18. The monoisotopic (exact) mass is 415 g/mol. The Morgan fingerprint density at radius 3 is 2.13 bits per heavy atom. The first-order chi connectivity index (χ1) is 14.5. The molecule has 1 unspecified atom stereocenters. The van der Waals surface area contributed by atoms with E-state index >= 15 is 0 Å². The van der Waals surface area contributed by atoms with E-state index in [1.165, 1.54) is 21.3 Å². The summed E-state index contributed by atoms with van der Waals surface area (Å²) in [6.07, 6.45) is 1.69. The van der Waals surface area contributed by atoms with E-state index in [0.29, 0.717) is 22.8 Å². The van der Waals surface area contributed by atoms with Crippen LogP contribution in [0.1, 0.15) is 36.9 Å². The van der Waals surface area contributed by atoms with Gasteiger partial charge in [0.25, 0.3) is 5.91 Å². The smallest absolute Gasteiger partial charge is 0.310 e. The average molecular weight is 415 g/mol. The van der Waals surface area contributed by atoms with Crippen molar-refractivity contribution in [3.8, 4) is 17.2 Å². The highest BCUT2D eigenvalue weighted by atomic mass is 16.5. The van der Waals surface area contributed by atoms with Crippen LogP contribution in [0.3, 0.4) is 0 Å². The van der Waals surface area contributed by atoms with Gasteiger partial charge in [-0.15, -0.1) is 0 Å². The molecule has 2 aromatic carbocycles. The van der Waals surface area contributed by atoms with Gasteiger partial charge < -0.3 is 24.3 Å². The third kappa shape index (κ3) is 6.40. The first-order valence-corrected chi connectivity index (χ1v) is 9.81. The van der Waals surface area contributed by atoms with Crippen LogP contribution in [0, 0.1) is 0 Å². The van der Waals surface area contributed by atoms with Crippen molar-refractivity contribution >= 4 is 11.9 Å². The molecule has 30 heavy (non-hydrogen) atoms. The van der Waals surface area contributed by atoms with E-state index in [2.05, 4.69) is 12.2 Å². The molecule has 7 nitrogen and oxygen atoms in total. The minimum atomic E-state index is -0.522. The summed E-state index contributed by atoms with van der Waals surface area (Å²) in [6.45, 7) is 1.72. The molecule has 0 bridgehead atoms. The fraction of sp³-hybridized carbons (Fsp3) is 0.391. The predicted octanol–water partition coefficient (Wildman–Crippen LogP) is 3.46. The maximum Gasteiger partial charge on any atom is 0.310 e. The van der Waals surface area contributed by atoms with Gasteiger partial charge in [-0.2, -0.15) is 0 Å². The van der Waals surface area contributed by atoms with Crippen LogP contribution >= 0.6 is 0 Å². The standard InChI is InChI=1S/C23H29NO6/c1-5-9-18(17-10-7-6-8-11-17)24-21(25)15-30-22(26)14-16-12-19(27-2)23(29-4)20(13-16)28-3/h6-8,10-13,18H,5,9,14-15H2,1-4H3,(H,24,25). The zero-order valence-corrected chi connectivity index (χ0v) is 17.9. The average Bonchev–Trinajstić information content (AvgIpc) is 2.77. The minimum Gasteiger partial charge on any atom is -0.493 e. The Hall–Kier alpha value is -3.22. The van der Waals surface area contributed by atoms with Gasteiger partial charge in [0.15, 0.2) is 18.1 Å². The lowest BCUT2D eigenvalue weighted by Crippen LogP contribution is -2.32. The second-order valence-electron chi connectivity index (χ2n) is 6.69. The molecule has 0 saturated carbocycles. The molecule has 162 valence electrons. The molecule has 0 aromatic heterocycles. The summed E-state index contributed by atoms with van der Waals surface area (Å²) >= 11 is 0. The van der Waals surface area contributed by atoms with Crippen LogP contribution in [-0.4, -0.2) is 39.8 Å². The fourth-order valence-corrected chi connectivity index (χ4v) is 3.13. The number of hydrogen-bond donors (Lipinski definition) is 1. The molecule has 0 fully saturated rings. The van der Waals surface area contributed by atoms with Gasteiger partial charge in [-0.3, -0.25) is 9.59 Å². The van der Waals surface area contributed by atoms with Crippen LogP contribution in [0.25, 0.3) is 0 Å². The number of methoxy groups -OCH3 is 3. The van der Waals surface area contributed by atoms with Gasteiger partial charge in [0.1, 0.15) is 0 Å². The number of carbonyl (C=O) groups is 2. The van der Waals surface area contributed by atoms with Crippen molar-refractivity contribution in [3.63, 3.8) is 0 Å². The van der Waals surface area contributed by atoms with Gasteiger partial charge in [0.05, 0.1) is 33.8 Å². The van der Waals surface area contributed by atoms with Crippen molar-refractivity contribution in [2.75, 3.05) is 27.9 Å². The third-order valence-electron chi connectivity index (χ3n) is 4.55. The van der Waals surface area contributed by atoms with Crippen molar-refractivity contribution in [3.05, 3.63) is 53.6 Å². The second kappa shape index (κ2) is 11.7. The van der Waals surface area contributed by atoms with Gasteiger partial charge in [0, 0.05) is 0 Å². The summed E-state index contributed by atoms with van der Waals surface area (Å²) in [4.78, 5) is 24.5. The number of amides is 1. The molecule has 0 radical (unpaired) electrons. The normalized spacial score (nSPS) is 11.3. The number of hydrogen-bond acceptors (Lipinski definition) is 6. The Morgan fingerprint density at radius 1 is 0.967 bits per heavy atom. The number of esters is 1. The zero-order chi connectivity index (χ0) is 21.9. The van der Waals surface area contributed by atoms with Crippen LogP contribution in [0.5, 0.6) is 17.2 Å². The van der Waals surface area contributed by atoms with Crippen LogP contribution in [-0.2, 0) is 20.7 Å². The highest BCUT2D eigenvalue weighted by Gasteiger charge is 2.17. The van der Waals surface area contributed by atoms with Gasteiger partial charge in [-0.1, -0.05) is 43.7 Å². The Morgan fingerprint density at radius 2 is 1.60 bits per heavy atom. The van der Waals surface area contributed by atoms with Gasteiger partial charge in [-0.25, -0.2) is 0 Å². The molecule has 1 N–H and O–H groups in total. The van der Waals surface area contributed by atoms with Crippen LogP contribution in [0.4, 0.5) is 0 Å². The van der Waals surface area contributed by atoms with E-state index in [1.807, 2.05) is 30.3 Å². The summed E-state index contributed by atoms with van der Waals surface area (Å²) in [5, 5.41) is 2.93. The Bertz CT molecular complexity index is 812. The molecular weight excluding hydrogens is 386 g/mol. The summed E-state index contributed by atoms with van der Waals surface area (Å²) in [5.41, 5.74) is 1.65. The summed E-state index contributed by atoms with van der Waals surface area (Å²) < 4.78 is 21.0. The largest absolute Gasteiger partial charge is 0.493 e. The molecule has 0 spiro atoms. The van der Waals surface area contributed by atoms with Crippen molar-refractivity contribution in [1.29, 1.82) is 0 Å². The number of rotatable bonds is 11. The predicted molar refractivity (Wildman–Crippen MR) is 113 cm³/mol. The van der Waals surface area contributed by atoms with E-state index in [1.54, 1.807) is 12.1 Å². The molecule has 0 aliphatic rings. The highest BCUT2D eigenvalue weighted by molar-refractivity contribution is 5.81. The van der Waals surface area contributed by atoms with Crippen molar-refractivity contribution in [2.24, 2.45) is 0 Å². The molecule has 0 heterocycles. The number of ether oxygens (including phenoxy) is 4. The Kier molecular flexibility index (Phi) is 9.00. The van der Waals surface area contributed by atoms with Gasteiger partial charge in [-0.05, 0) is 29.7 Å². The number of benzene rings is 2. The van der Waals surface area contributed by atoms with E-state index in [-0.39, 0.29) is 25.0 Å². The van der Waals surface area contributed by atoms with Crippen molar-refractivity contribution in [2.45, 2.75) is 32.2 Å². The quantitative estimate of drug-likeness (QED) is 0.566. The van der Waals surface area contributed by atoms with Crippen molar-refractivity contribution in [1.82, 2.24) is 5.32 Å². The fourth-order valence-electron chi connectivity index (χ4n) is 3.13. The molecule has 0 aliphatic heterocycles. The highest BCUT2D eigenvalue weighted by Crippen LogP contribution is 2.38. The molecule has 0 aliphatic carbocycles. The number of carbonyl (C=O) groups excluding carboxylic acids is 2. The van der Waals surface area contributed by atoms with E-state index in [4.69, 9.17) is 18.9 Å². The molecule has 0 saturated heterocycles. The SMILES string of the molecule is CCCC(NC(=O)COC(=O)Cc1cc(OC)c(OC)c(OC)c1)c1ccccc1. The van der Waals surface area contributed by atoms with Gasteiger partial charge in [0.2, 0.25) is 5.75 Å². The minimum absolute atomic E-state index is 0.0267. The number of nitrogens with one attached hydrogen (secondary N) is 1. The summed E-state index contributed by atoms with van der Waals surface area (Å²) in [6, 6.07) is 13.0. The lowest BCUT2D eigenvalue weighted by molar-refractivity contribution is -0.148. The van der Waals surface area contributed by atoms with E-state index in [0.717, 1.165) is 18.4 Å². The second-order valence-corrected chi connectivity index (χ2v) is 6.69. The molecule has 2 rings (SSSR count). The lowest BCUT2D eigenvalue weighted by atomic mass is 10.0. The molecule has 1 atom stereocenters. The summed E-state index contributed by atoms with van der Waals surface area (Å²) in [7, 11) is 4.51. The third-order valence-corrected chi connectivity index (χ3v) is 4.55. The maximum absolute atomic E-state index is 12.3. The van der Waals surface area contributed by atoms with Gasteiger partial charge >= 0.3 is 5.97 Å². The summed E-state index contributed by atoms with van der Waals surface area (Å²) in [5.74, 6) is 0.478. The van der Waals surface area contributed by atoms with Crippen LogP contribution in [0.2, 0.25) is 0 Å². The molecule has 7 heteroatoms. The molecule has 1 amide bonds. The zero-order valence-electron chi connectivity index (χ0n) is 17.9. The Labute approximate surface area is 177 Å². The van der Waals surface area contributed by atoms with E-state index < -0.39 is 5.97 Å². The van der Waals surface area contributed by atoms with Crippen molar-refractivity contribution < 1.29 is 28.5 Å². The molecule has 2 aromatic rings. The van der Waals surface area contributed by atoms with E-state index in [9.17, 15) is 9.59 Å². The first kappa shape index (κ1) is 23.1.